The molecule has 1 N–H and O–H groups in total. The van der Waals surface area contributed by atoms with E-state index in [2.05, 4.69) is 39.3 Å². The van der Waals surface area contributed by atoms with Crippen molar-refractivity contribution >= 4 is 11.4 Å². The molecule has 1 heterocycles. The van der Waals surface area contributed by atoms with E-state index in [4.69, 9.17) is 0 Å². The summed E-state index contributed by atoms with van der Waals surface area (Å²) in [6, 6.07) is 17.8. The molecule has 0 atom stereocenters. The Bertz CT molecular complexity index is 646. The molecule has 0 saturated carbocycles. The molecule has 4 nitrogen and oxygen atoms in total. The summed E-state index contributed by atoms with van der Waals surface area (Å²) < 4.78 is 0. The number of hydrazone groups is 1. The van der Waals surface area contributed by atoms with Crippen molar-refractivity contribution in [2.75, 3.05) is 31.1 Å². The summed E-state index contributed by atoms with van der Waals surface area (Å²) >= 11 is 0. The summed E-state index contributed by atoms with van der Waals surface area (Å²) in [6.07, 6.45) is 0. The monoisotopic (exact) mass is 295 g/mol. The van der Waals surface area contributed by atoms with Gasteiger partial charge in [-0.05, 0) is 31.2 Å². The topological polar surface area (TPSA) is 39.1 Å². The zero-order valence-electron chi connectivity index (χ0n) is 12.8. The number of hydrogen-bond acceptors (Lipinski definition) is 4. The van der Waals surface area contributed by atoms with Gasteiger partial charge in [0.05, 0.1) is 18.8 Å². The van der Waals surface area contributed by atoms with Crippen LogP contribution in [0, 0.1) is 0 Å². The first-order valence-electron chi connectivity index (χ1n) is 7.62. The Hall–Kier alpha value is -2.49. The van der Waals surface area contributed by atoms with Gasteiger partial charge in [-0.1, -0.05) is 30.3 Å². The van der Waals surface area contributed by atoms with Crippen molar-refractivity contribution in [1.82, 2.24) is 5.01 Å². The van der Waals surface area contributed by atoms with Gasteiger partial charge in [-0.25, -0.2) is 0 Å². The van der Waals surface area contributed by atoms with Crippen LogP contribution in [-0.4, -0.2) is 42.0 Å². The van der Waals surface area contributed by atoms with Crippen LogP contribution in [0.2, 0.25) is 0 Å². The maximum Gasteiger partial charge on any atom is 0.124 e. The maximum atomic E-state index is 9.89. The fourth-order valence-corrected chi connectivity index (χ4v) is 2.74. The molecule has 1 aliphatic heterocycles. The molecule has 0 amide bonds. The Morgan fingerprint density at radius 3 is 2.23 bits per heavy atom. The lowest BCUT2D eigenvalue weighted by molar-refractivity contribution is 0.270. The molecular formula is C18H21N3O. The number of aromatic hydroxyl groups is 1. The molecule has 4 heteroatoms. The summed E-state index contributed by atoms with van der Waals surface area (Å²) in [6.45, 7) is 5.64. The quantitative estimate of drug-likeness (QED) is 0.885. The van der Waals surface area contributed by atoms with Gasteiger partial charge in [-0.15, -0.1) is 0 Å². The summed E-state index contributed by atoms with van der Waals surface area (Å²) in [5.74, 6) is 0.284. The number of nitrogens with zero attached hydrogens (tertiary/aromatic N) is 3. The third-order valence-corrected chi connectivity index (χ3v) is 3.96. The SMILES string of the molecule is C/C(=N/N1CCN(c2ccccc2)CC1)c1ccccc1O. The van der Waals surface area contributed by atoms with E-state index in [9.17, 15) is 5.11 Å². The van der Waals surface area contributed by atoms with E-state index in [-0.39, 0.29) is 5.75 Å². The molecule has 0 aliphatic carbocycles. The number of piperazine rings is 1. The number of phenolic OH excluding ortho intramolecular Hbond substituents is 1. The summed E-state index contributed by atoms with van der Waals surface area (Å²) in [5, 5.41) is 16.6. The normalized spacial score (nSPS) is 16.0. The zero-order chi connectivity index (χ0) is 15.4. The van der Waals surface area contributed by atoms with Crippen LogP contribution >= 0.6 is 0 Å². The minimum absolute atomic E-state index is 0.284. The van der Waals surface area contributed by atoms with Gasteiger partial charge in [0.25, 0.3) is 0 Å². The molecule has 0 spiro atoms. The highest BCUT2D eigenvalue weighted by atomic mass is 16.3. The third kappa shape index (κ3) is 3.22. The lowest BCUT2D eigenvalue weighted by atomic mass is 10.1. The molecule has 0 unspecified atom stereocenters. The molecule has 1 aliphatic rings. The fraction of sp³-hybridized carbons (Fsp3) is 0.278. The van der Waals surface area contributed by atoms with Crippen molar-refractivity contribution in [3.05, 3.63) is 60.2 Å². The van der Waals surface area contributed by atoms with E-state index < -0.39 is 0 Å². The Morgan fingerprint density at radius 2 is 1.55 bits per heavy atom. The number of benzene rings is 2. The molecule has 1 saturated heterocycles. The maximum absolute atomic E-state index is 9.89. The van der Waals surface area contributed by atoms with Crippen LogP contribution in [0.4, 0.5) is 5.69 Å². The molecule has 2 aromatic carbocycles. The van der Waals surface area contributed by atoms with Crippen LogP contribution in [-0.2, 0) is 0 Å². The predicted octanol–water partition coefficient (Wildman–Crippen LogP) is 2.94. The van der Waals surface area contributed by atoms with Gasteiger partial charge in [-0.3, -0.25) is 5.01 Å². The minimum atomic E-state index is 0.284. The Balaban J connectivity index is 1.64. The summed E-state index contributed by atoms with van der Waals surface area (Å²) in [5.41, 5.74) is 2.92. The van der Waals surface area contributed by atoms with Crippen LogP contribution in [0.25, 0.3) is 0 Å². The van der Waals surface area contributed by atoms with Crippen LogP contribution in [0.5, 0.6) is 5.75 Å². The molecule has 0 aromatic heterocycles. The van der Waals surface area contributed by atoms with Gasteiger partial charge in [0.2, 0.25) is 0 Å². The molecule has 0 radical (unpaired) electrons. The van der Waals surface area contributed by atoms with Crippen LogP contribution in [0.15, 0.2) is 59.7 Å². The number of anilines is 1. The Labute approximate surface area is 131 Å². The van der Waals surface area contributed by atoms with Crippen molar-refractivity contribution < 1.29 is 5.11 Å². The standard InChI is InChI=1S/C18H21N3O/c1-15(17-9-5-6-10-18(17)22)19-21-13-11-20(12-14-21)16-7-3-2-4-8-16/h2-10,22H,11-14H2,1H3/b19-15-. The molecule has 2 aromatic rings. The second-order valence-corrected chi connectivity index (χ2v) is 5.48. The average Bonchev–Trinajstić information content (AvgIpc) is 2.57. The van der Waals surface area contributed by atoms with E-state index in [0.29, 0.717) is 0 Å². The van der Waals surface area contributed by atoms with Crippen molar-refractivity contribution in [1.29, 1.82) is 0 Å². The number of para-hydroxylation sites is 2. The van der Waals surface area contributed by atoms with Gasteiger partial charge in [0.15, 0.2) is 0 Å². The van der Waals surface area contributed by atoms with E-state index in [1.54, 1.807) is 6.07 Å². The largest absolute Gasteiger partial charge is 0.507 e. The molecule has 1 fully saturated rings. The zero-order valence-corrected chi connectivity index (χ0v) is 12.8. The van der Waals surface area contributed by atoms with Crippen molar-refractivity contribution in [2.45, 2.75) is 6.92 Å². The van der Waals surface area contributed by atoms with Gasteiger partial charge >= 0.3 is 0 Å². The van der Waals surface area contributed by atoms with Crippen molar-refractivity contribution in [3.63, 3.8) is 0 Å². The molecule has 114 valence electrons. The number of rotatable bonds is 3. The van der Waals surface area contributed by atoms with Gasteiger partial charge < -0.3 is 10.0 Å². The first-order valence-corrected chi connectivity index (χ1v) is 7.62. The van der Waals surface area contributed by atoms with Gasteiger partial charge in [-0.2, -0.15) is 5.10 Å². The van der Waals surface area contributed by atoms with Crippen LogP contribution in [0.3, 0.4) is 0 Å². The molecule has 3 rings (SSSR count). The Morgan fingerprint density at radius 1 is 0.909 bits per heavy atom. The summed E-state index contributed by atoms with van der Waals surface area (Å²) in [7, 11) is 0. The third-order valence-electron chi connectivity index (χ3n) is 3.96. The lowest BCUT2D eigenvalue weighted by Crippen LogP contribution is -2.44. The van der Waals surface area contributed by atoms with Crippen molar-refractivity contribution in [2.24, 2.45) is 5.10 Å². The van der Waals surface area contributed by atoms with Crippen molar-refractivity contribution in [3.8, 4) is 5.75 Å². The van der Waals surface area contributed by atoms with Crippen LogP contribution < -0.4 is 4.90 Å². The molecule has 0 bridgehead atoms. The summed E-state index contributed by atoms with van der Waals surface area (Å²) in [4.78, 5) is 2.38. The smallest absolute Gasteiger partial charge is 0.124 e. The fourth-order valence-electron chi connectivity index (χ4n) is 2.74. The second-order valence-electron chi connectivity index (χ2n) is 5.48. The molecule has 22 heavy (non-hydrogen) atoms. The first kappa shape index (κ1) is 14.4. The first-order chi connectivity index (χ1) is 10.7. The van der Waals surface area contributed by atoms with Gasteiger partial charge in [0, 0.05) is 24.3 Å². The number of phenols is 1. The van der Waals surface area contributed by atoms with Gasteiger partial charge in [0.1, 0.15) is 5.75 Å². The van der Waals surface area contributed by atoms with E-state index in [0.717, 1.165) is 37.5 Å². The van der Waals surface area contributed by atoms with E-state index in [1.807, 2.05) is 31.2 Å². The van der Waals surface area contributed by atoms with E-state index >= 15 is 0 Å². The second kappa shape index (κ2) is 6.52. The van der Waals surface area contributed by atoms with E-state index in [1.165, 1.54) is 5.69 Å². The lowest BCUT2D eigenvalue weighted by Gasteiger charge is -2.35. The van der Waals surface area contributed by atoms with Crippen LogP contribution in [0.1, 0.15) is 12.5 Å². The highest BCUT2D eigenvalue weighted by molar-refractivity contribution is 6.00. The predicted molar refractivity (Wildman–Crippen MR) is 90.5 cm³/mol. The Kier molecular flexibility index (Phi) is 4.28. The number of hydrogen-bond donors (Lipinski definition) is 1. The minimum Gasteiger partial charge on any atom is -0.507 e. The average molecular weight is 295 g/mol. The molecular weight excluding hydrogens is 274 g/mol. The highest BCUT2D eigenvalue weighted by Gasteiger charge is 2.16. The highest BCUT2D eigenvalue weighted by Crippen LogP contribution is 2.18.